The smallest absolute Gasteiger partial charge is 0.215 e. The average molecular weight is 271 g/mol. The predicted molar refractivity (Wildman–Crippen MR) is 76.9 cm³/mol. The highest BCUT2D eigenvalue weighted by Gasteiger charge is 2.09. The van der Waals surface area contributed by atoms with Crippen molar-refractivity contribution in [3.05, 3.63) is 54.2 Å². The van der Waals surface area contributed by atoms with Crippen molar-refractivity contribution in [2.24, 2.45) is 0 Å². The summed E-state index contributed by atoms with van der Waals surface area (Å²) in [5.41, 5.74) is 8.54. The van der Waals surface area contributed by atoms with Crippen LogP contribution >= 0.6 is 0 Å². The van der Waals surface area contributed by atoms with E-state index in [1.807, 2.05) is 24.1 Å². The summed E-state index contributed by atoms with van der Waals surface area (Å²) in [6, 6.07) is 11.7. The van der Waals surface area contributed by atoms with Crippen LogP contribution in [0.5, 0.6) is 0 Å². The molecule has 0 aliphatic rings. The molecule has 0 unspecified atom stereocenters. The Bertz CT molecular complexity index is 754. The summed E-state index contributed by atoms with van der Waals surface area (Å²) in [5.74, 6) is 0.303. The van der Waals surface area contributed by atoms with Crippen LogP contribution in [0.4, 0.5) is 15.8 Å². The molecular formula is C15H14FN3O. The highest BCUT2D eigenvalue weighted by atomic mass is 19.1. The molecule has 0 radical (unpaired) electrons. The highest BCUT2D eigenvalue weighted by Crippen LogP contribution is 2.21. The Hall–Kier alpha value is -2.56. The molecule has 2 N–H and O–H groups in total. The van der Waals surface area contributed by atoms with Crippen molar-refractivity contribution in [2.75, 3.05) is 17.7 Å². The summed E-state index contributed by atoms with van der Waals surface area (Å²) in [4.78, 5) is 6.26. The van der Waals surface area contributed by atoms with E-state index in [4.69, 9.17) is 10.2 Å². The molecule has 0 bridgehead atoms. The van der Waals surface area contributed by atoms with Crippen molar-refractivity contribution >= 4 is 22.5 Å². The minimum absolute atomic E-state index is 0.264. The lowest BCUT2D eigenvalue weighted by molar-refractivity contribution is 0.526. The number of hydrogen-bond acceptors (Lipinski definition) is 4. The molecule has 0 amide bonds. The topological polar surface area (TPSA) is 55.3 Å². The first kappa shape index (κ1) is 12.5. The van der Waals surface area contributed by atoms with Gasteiger partial charge in [0.05, 0.1) is 6.54 Å². The zero-order valence-electron chi connectivity index (χ0n) is 11.0. The van der Waals surface area contributed by atoms with E-state index in [0.717, 1.165) is 11.2 Å². The summed E-state index contributed by atoms with van der Waals surface area (Å²) < 4.78 is 18.8. The summed E-state index contributed by atoms with van der Waals surface area (Å²) >= 11 is 0. The highest BCUT2D eigenvalue weighted by molar-refractivity contribution is 5.76. The quantitative estimate of drug-likeness (QED) is 0.743. The molecular weight excluding hydrogens is 257 g/mol. The Morgan fingerprint density at radius 3 is 2.90 bits per heavy atom. The maximum absolute atomic E-state index is 13.2. The predicted octanol–water partition coefficient (Wildman–Crippen LogP) is 3.19. The van der Waals surface area contributed by atoms with Crippen LogP contribution < -0.4 is 10.6 Å². The van der Waals surface area contributed by atoms with Crippen LogP contribution in [0.1, 0.15) is 5.89 Å². The van der Waals surface area contributed by atoms with Crippen molar-refractivity contribution < 1.29 is 8.81 Å². The summed E-state index contributed by atoms with van der Waals surface area (Å²) in [7, 11) is 1.86. The summed E-state index contributed by atoms with van der Waals surface area (Å²) in [6.07, 6.45) is 0. The number of rotatable bonds is 3. The summed E-state index contributed by atoms with van der Waals surface area (Å²) in [5, 5.41) is 0. The van der Waals surface area contributed by atoms with E-state index >= 15 is 0 Å². The van der Waals surface area contributed by atoms with E-state index in [0.29, 0.717) is 23.7 Å². The minimum Gasteiger partial charge on any atom is -0.439 e. The SMILES string of the molecule is CN(Cc1nc2ccc(N)cc2o1)c1cccc(F)c1. The molecule has 3 aromatic rings. The van der Waals surface area contributed by atoms with Gasteiger partial charge >= 0.3 is 0 Å². The maximum atomic E-state index is 13.2. The maximum Gasteiger partial charge on any atom is 0.215 e. The number of benzene rings is 2. The van der Waals surface area contributed by atoms with Crippen LogP contribution in [0.25, 0.3) is 11.1 Å². The van der Waals surface area contributed by atoms with Crippen LogP contribution in [0.3, 0.4) is 0 Å². The molecule has 1 aromatic heterocycles. The van der Waals surface area contributed by atoms with Gasteiger partial charge in [-0.25, -0.2) is 9.37 Å². The van der Waals surface area contributed by atoms with Gasteiger partial charge in [-0.05, 0) is 30.3 Å². The fraction of sp³-hybridized carbons (Fsp3) is 0.133. The van der Waals surface area contributed by atoms with Gasteiger partial charge in [0.15, 0.2) is 5.58 Å². The van der Waals surface area contributed by atoms with Crippen LogP contribution in [-0.4, -0.2) is 12.0 Å². The Labute approximate surface area is 115 Å². The molecule has 20 heavy (non-hydrogen) atoms. The van der Waals surface area contributed by atoms with E-state index in [1.165, 1.54) is 12.1 Å². The number of anilines is 2. The Morgan fingerprint density at radius 1 is 1.25 bits per heavy atom. The van der Waals surface area contributed by atoms with Gasteiger partial charge < -0.3 is 15.1 Å². The van der Waals surface area contributed by atoms with E-state index in [1.54, 1.807) is 18.2 Å². The fourth-order valence-corrected chi connectivity index (χ4v) is 2.06. The molecule has 0 saturated carbocycles. The molecule has 0 aliphatic heterocycles. The number of hydrogen-bond donors (Lipinski definition) is 1. The fourth-order valence-electron chi connectivity index (χ4n) is 2.06. The van der Waals surface area contributed by atoms with Gasteiger partial charge in [-0.15, -0.1) is 0 Å². The molecule has 0 spiro atoms. The number of nitrogens with two attached hydrogens (primary N) is 1. The van der Waals surface area contributed by atoms with Crippen molar-refractivity contribution in [3.63, 3.8) is 0 Å². The second kappa shape index (κ2) is 4.85. The van der Waals surface area contributed by atoms with Crippen LogP contribution in [0.2, 0.25) is 0 Å². The first-order valence-electron chi connectivity index (χ1n) is 6.23. The normalized spacial score (nSPS) is 10.9. The minimum atomic E-state index is -0.264. The lowest BCUT2D eigenvalue weighted by Gasteiger charge is -2.16. The van der Waals surface area contributed by atoms with Crippen molar-refractivity contribution in [3.8, 4) is 0 Å². The second-order valence-corrected chi connectivity index (χ2v) is 4.67. The largest absolute Gasteiger partial charge is 0.439 e. The van der Waals surface area contributed by atoms with Crippen molar-refractivity contribution in [1.82, 2.24) is 4.98 Å². The summed E-state index contributed by atoms with van der Waals surface area (Å²) in [6.45, 7) is 0.456. The van der Waals surface area contributed by atoms with Crippen LogP contribution in [-0.2, 0) is 6.54 Å². The first-order valence-corrected chi connectivity index (χ1v) is 6.23. The molecule has 5 heteroatoms. The van der Waals surface area contributed by atoms with Gasteiger partial charge in [0, 0.05) is 24.5 Å². The standard InChI is InChI=1S/C15H14FN3O/c1-19(12-4-2-3-10(16)7-12)9-15-18-13-6-5-11(17)8-14(13)20-15/h2-8H,9,17H2,1H3. The zero-order valence-corrected chi connectivity index (χ0v) is 11.0. The third-order valence-corrected chi connectivity index (χ3v) is 3.08. The van der Waals surface area contributed by atoms with E-state index in [2.05, 4.69) is 4.98 Å². The molecule has 0 saturated heterocycles. The average Bonchev–Trinajstić information content (AvgIpc) is 2.80. The number of oxazole rings is 1. The molecule has 0 atom stereocenters. The Balaban J connectivity index is 1.85. The number of aromatic nitrogens is 1. The molecule has 4 nitrogen and oxygen atoms in total. The Kier molecular flexibility index (Phi) is 3.02. The van der Waals surface area contributed by atoms with Gasteiger partial charge in [-0.3, -0.25) is 0 Å². The zero-order chi connectivity index (χ0) is 14.1. The monoisotopic (exact) mass is 271 g/mol. The molecule has 3 rings (SSSR count). The number of nitrogens with zero attached hydrogens (tertiary/aromatic N) is 2. The number of nitrogen functional groups attached to an aromatic ring is 1. The van der Waals surface area contributed by atoms with Crippen molar-refractivity contribution in [2.45, 2.75) is 6.54 Å². The van der Waals surface area contributed by atoms with E-state index in [9.17, 15) is 4.39 Å². The molecule has 102 valence electrons. The third kappa shape index (κ3) is 2.42. The molecule has 0 aliphatic carbocycles. The number of halogens is 1. The van der Waals surface area contributed by atoms with Crippen molar-refractivity contribution in [1.29, 1.82) is 0 Å². The lowest BCUT2D eigenvalue weighted by atomic mass is 10.3. The van der Waals surface area contributed by atoms with Gasteiger partial charge in [0.1, 0.15) is 11.3 Å². The molecule has 1 heterocycles. The first-order chi connectivity index (χ1) is 9.61. The van der Waals surface area contributed by atoms with Crippen LogP contribution in [0.15, 0.2) is 46.9 Å². The van der Waals surface area contributed by atoms with E-state index in [-0.39, 0.29) is 5.82 Å². The number of fused-ring (bicyclic) bond motifs is 1. The van der Waals surface area contributed by atoms with Gasteiger partial charge in [-0.2, -0.15) is 0 Å². The van der Waals surface area contributed by atoms with Gasteiger partial charge in [-0.1, -0.05) is 6.07 Å². The molecule has 0 fully saturated rings. The third-order valence-electron chi connectivity index (χ3n) is 3.08. The van der Waals surface area contributed by atoms with Gasteiger partial charge in [0.25, 0.3) is 0 Å². The Morgan fingerprint density at radius 2 is 2.10 bits per heavy atom. The second-order valence-electron chi connectivity index (χ2n) is 4.67. The molecule has 2 aromatic carbocycles. The lowest BCUT2D eigenvalue weighted by Crippen LogP contribution is -2.16. The van der Waals surface area contributed by atoms with Gasteiger partial charge in [0.2, 0.25) is 5.89 Å². The van der Waals surface area contributed by atoms with E-state index < -0.39 is 0 Å². The van der Waals surface area contributed by atoms with Crippen LogP contribution in [0, 0.1) is 5.82 Å².